The third kappa shape index (κ3) is 4.27. The maximum atomic E-state index is 13.0. The third-order valence-electron chi connectivity index (χ3n) is 5.59. The first kappa shape index (κ1) is 17.9. The van der Waals surface area contributed by atoms with Gasteiger partial charge in [0.05, 0.1) is 0 Å². The van der Waals surface area contributed by atoms with Crippen molar-refractivity contribution in [1.29, 1.82) is 0 Å². The van der Waals surface area contributed by atoms with Crippen LogP contribution in [-0.2, 0) is 0 Å². The van der Waals surface area contributed by atoms with Gasteiger partial charge in [-0.2, -0.15) is 0 Å². The van der Waals surface area contributed by atoms with Crippen LogP contribution in [0.3, 0.4) is 0 Å². The highest BCUT2D eigenvalue weighted by Gasteiger charge is 2.26. The molecule has 2 fully saturated rings. The summed E-state index contributed by atoms with van der Waals surface area (Å²) in [6.45, 7) is 4.05. The molecule has 2 aromatic rings. The molecule has 0 atom stereocenters. The molecular formula is C21H25FN4O. The summed E-state index contributed by atoms with van der Waals surface area (Å²) < 4.78 is 13.0. The van der Waals surface area contributed by atoms with E-state index in [2.05, 4.69) is 20.1 Å². The molecule has 5 nitrogen and oxygen atoms in total. The summed E-state index contributed by atoms with van der Waals surface area (Å²) in [4.78, 5) is 21.7. The fourth-order valence-electron chi connectivity index (χ4n) is 4.06. The molecule has 1 aliphatic heterocycles. The third-order valence-corrected chi connectivity index (χ3v) is 5.59. The molecule has 142 valence electrons. The smallest absolute Gasteiger partial charge is 0.255 e. The van der Waals surface area contributed by atoms with E-state index in [4.69, 9.17) is 0 Å². The summed E-state index contributed by atoms with van der Waals surface area (Å²) in [7, 11) is 0. The van der Waals surface area contributed by atoms with Crippen molar-refractivity contribution in [2.24, 2.45) is 0 Å². The summed E-state index contributed by atoms with van der Waals surface area (Å²) >= 11 is 0. The van der Waals surface area contributed by atoms with E-state index in [0.717, 1.165) is 38.0 Å². The van der Waals surface area contributed by atoms with Gasteiger partial charge in [0.15, 0.2) is 0 Å². The molecule has 1 aliphatic carbocycles. The number of amides is 1. The lowest BCUT2D eigenvalue weighted by atomic mass is 10.2. The van der Waals surface area contributed by atoms with Crippen molar-refractivity contribution in [3.63, 3.8) is 0 Å². The van der Waals surface area contributed by atoms with Crippen LogP contribution in [0.15, 0.2) is 42.6 Å². The number of pyridine rings is 1. The molecule has 1 N–H and O–H groups in total. The van der Waals surface area contributed by atoms with Crippen molar-refractivity contribution in [1.82, 2.24) is 9.88 Å². The minimum absolute atomic E-state index is 0.252. The Labute approximate surface area is 159 Å². The van der Waals surface area contributed by atoms with E-state index in [0.29, 0.717) is 11.3 Å². The van der Waals surface area contributed by atoms with Crippen LogP contribution in [0.25, 0.3) is 0 Å². The van der Waals surface area contributed by atoms with Crippen molar-refractivity contribution in [3.05, 3.63) is 54.0 Å². The highest BCUT2D eigenvalue weighted by Crippen LogP contribution is 2.25. The predicted molar refractivity (Wildman–Crippen MR) is 105 cm³/mol. The summed E-state index contributed by atoms with van der Waals surface area (Å²) in [5, 5.41) is 2.87. The van der Waals surface area contributed by atoms with Gasteiger partial charge in [-0.1, -0.05) is 12.8 Å². The lowest BCUT2D eigenvalue weighted by molar-refractivity contribution is 0.102. The predicted octanol–water partition coefficient (Wildman–Crippen LogP) is 3.54. The molecule has 2 heterocycles. The lowest BCUT2D eigenvalue weighted by Gasteiger charge is -2.38. The Balaban J connectivity index is 1.37. The molecular weight excluding hydrogens is 343 g/mol. The highest BCUT2D eigenvalue weighted by molar-refractivity contribution is 6.04. The van der Waals surface area contributed by atoms with Gasteiger partial charge in [0.2, 0.25) is 0 Å². The minimum atomic E-state index is -0.352. The molecule has 1 saturated heterocycles. The van der Waals surface area contributed by atoms with Gasteiger partial charge in [0.1, 0.15) is 11.6 Å². The number of benzene rings is 1. The minimum Gasteiger partial charge on any atom is -0.354 e. The Kier molecular flexibility index (Phi) is 5.34. The van der Waals surface area contributed by atoms with Gasteiger partial charge in [-0.05, 0) is 43.2 Å². The number of aromatic nitrogens is 1. The first-order valence-corrected chi connectivity index (χ1v) is 9.71. The fourth-order valence-corrected chi connectivity index (χ4v) is 4.06. The van der Waals surface area contributed by atoms with Crippen LogP contribution in [0.1, 0.15) is 36.0 Å². The summed E-state index contributed by atoms with van der Waals surface area (Å²) in [5.74, 6) is 0.283. The number of nitrogens with zero attached hydrogens (tertiary/aromatic N) is 3. The number of nitrogens with one attached hydrogen (secondary N) is 1. The number of carbonyl (C=O) groups is 1. The van der Waals surface area contributed by atoms with Crippen LogP contribution in [0.2, 0.25) is 0 Å². The van der Waals surface area contributed by atoms with Gasteiger partial charge < -0.3 is 10.2 Å². The second-order valence-corrected chi connectivity index (χ2v) is 7.33. The molecule has 4 rings (SSSR count). The van der Waals surface area contributed by atoms with E-state index >= 15 is 0 Å². The fraction of sp³-hybridized carbons (Fsp3) is 0.429. The molecule has 0 spiro atoms. The van der Waals surface area contributed by atoms with Gasteiger partial charge in [0.25, 0.3) is 5.91 Å². The maximum Gasteiger partial charge on any atom is 0.255 e. The zero-order valence-corrected chi connectivity index (χ0v) is 15.4. The zero-order chi connectivity index (χ0) is 18.6. The number of anilines is 2. The zero-order valence-electron chi connectivity index (χ0n) is 15.4. The van der Waals surface area contributed by atoms with Crippen LogP contribution in [-0.4, -0.2) is 48.0 Å². The molecule has 1 amide bonds. The number of halogens is 1. The van der Waals surface area contributed by atoms with Gasteiger partial charge in [-0.25, -0.2) is 9.37 Å². The highest BCUT2D eigenvalue weighted by atomic mass is 19.1. The molecule has 2 aliphatic rings. The van der Waals surface area contributed by atoms with E-state index < -0.39 is 0 Å². The van der Waals surface area contributed by atoms with E-state index in [1.54, 1.807) is 12.3 Å². The average molecular weight is 368 g/mol. The molecule has 1 aromatic heterocycles. The molecule has 0 unspecified atom stereocenters. The monoisotopic (exact) mass is 368 g/mol. The average Bonchev–Trinajstić information content (AvgIpc) is 3.24. The van der Waals surface area contributed by atoms with Gasteiger partial charge in [-0.3, -0.25) is 9.69 Å². The molecule has 1 saturated carbocycles. The second kappa shape index (κ2) is 8.05. The second-order valence-electron chi connectivity index (χ2n) is 7.33. The van der Waals surface area contributed by atoms with Crippen molar-refractivity contribution < 1.29 is 9.18 Å². The Morgan fingerprint density at radius 3 is 2.44 bits per heavy atom. The summed E-state index contributed by atoms with van der Waals surface area (Å²) in [6.07, 6.45) is 7.12. The Bertz CT molecular complexity index is 781. The van der Waals surface area contributed by atoms with Gasteiger partial charge >= 0.3 is 0 Å². The SMILES string of the molecule is O=C(Nc1ccnc(N2CCN(C3CCCC3)CC2)c1)c1ccc(F)cc1. The van der Waals surface area contributed by atoms with E-state index in [-0.39, 0.29) is 11.7 Å². The first-order valence-electron chi connectivity index (χ1n) is 9.71. The topological polar surface area (TPSA) is 48.5 Å². The molecule has 27 heavy (non-hydrogen) atoms. The van der Waals surface area contributed by atoms with Crippen molar-refractivity contribution >= 4 is 17.4 Å². The molecule has 1 aromatic carbocycles. The van der Waals surface area contributed by atoms with Crippen LogP contribution in [0.5, 0.6) is 0 Å². The summed E-state index contributed by atoms with van der Waals surface area (Å²) in [5.41, 5.74) is 1.13. The standard InChI is InChI=1S/C21H25FN4O/c22-17-7-5-16(6-8-17)21(27)24-18-9-10-23-20(15-18)26-13-11-25(12-14-26)19-3-1-2-4-19/h5-10,15,19H,1-4,11-14H2,(H,23,24,27). The largest absolute Gasteiger partial charge is 0.354 e. The first-order chi connectivity index (χ1) is 13.2. The van der Waals surface area contributed by atoms with Crippen molar-refractivity contribution in [2.75, 3.05) is 36.4 Å². The van der Waals surface area contributed by atoms with Crippen LogP contribution >= 0.6 is 0 Å². The van der Waals surface area contributed by atoms with E-state index in [1.165, 1.54) is 49.9 Å². The maximum absolute atomic E-state index is 13.0. The van der Waals surface area contributed by atoms with Crippen LogP contribution in [0, 0.1) is 5.82 Å². The quantitative estimate of drug-likeness (QED) is 0.897. The van der Waals surface area contributed by atoms with Gasteiger partial charge in [0, 0.05) is 55.7 Å². The molecule has 6 heteroatoms. The lowest BCUT2D eigenvalue weighted by Crippen LogP contribution is -2.50. The number of hydrogen-bond acceptors (Lipinski definition) is 4. The summed E-state index contributed by atoms with van der Waals surface area (Å²) in [6, 6.07) is 9.99. The van der Waals surface area contributed by atoms with Gasteiger partial charge in [-0.15, -0.1) is 0 Å². The van der Waals surface area contributed by atoms with Crippen LogP contribution in [0.4, 0.5) is 15.9 Å². The Morgan fingerprint density at radius 1 is 1.04 bits per heavy atom. The number of piperazine rings is 1. The number of hydrogen-bond donors (Lipinski definition) is 1. The number of carbonyl (C=O) groups excluding carboxylic acids is 1. The normalized spacial score (nSPS) is 18.6. The number of rotatable bonds is 4. The molecule has 0 radical (unpaired) electrons. The Morgan fingerprint density at radius 2 is 1.74 bits per heavy atom. The Hall–Kier alpha value is -2.47. The van der Waals surface area contributed by atoms with Crippen molar-refractivity contribution in [3.8, 4) is 0 Å². The van der Waals surface area contributed by atoms with E-state index in [9.17, 15) is 9.18 Å². The van der Waals surface area contributed by atoms with Crippen LogP contribution < -0.4 is 10.2 Å². The van der Waals surface area contributed by atoms with E-state index in [1.807, 2.05) is 6.07 Å². The van der Waals surface area contributed by atoms with Crippen molar-refractivity contribution in [2.45, 2.75) is 31.7 Å². The molecule has 0 bridgehead atoms.